The second-order valence-electron chi connectivity index (χ2n) is 5.66. The summed E-state index contributed by atoms with van der Waals surface area (Å²) in [7, 11) is -2.54. The molecule has 1 N–H and O–H groups in total. The number of sulfone groups is 1. The molecular formula is C17H13ClN2O5S. The largest absolute Gasteiger partial charge is 0.324 e. The molecule has 0 bridgehead atoms. The molecule has 0 saturated carbocycles. The van der Waals surface area contributed by atoms with Crippen LogP contribution >= 0.6 is 11.6 Å². The average Bonchev–Trinajstić information content (AvgIpc) is 2.80. The van der Waals surface area contributed by atoms with Gasteiger partial charge >= 0.3 is 0 Å². The Bertz CT molecular complexity index is 1030. The van der Waals surface area contributed by atoms with E-state index in [1.54, 1.807) is 0 Å². The Morgan fingerprint density at radius 1 is 1.08 bits per heavy atom. The van der Waals surface area contributed by atoms with Crippen molar-refractivity contribution in [3.8, 4) is 0 Å². The van der Waals surface area contributed by atoms with Crippen molar-refractivity contribution >= 4 is 44.8 Å². The predicted octanol–water partition coefficient (Wildman–Crippen LogP) is 1.98. The number of benzene rings is 2. The van der Waals surface area contributed by atoms with Gasteiger partial charge in [0.25, 0.3) is 11.8 Å². The van der Waals surface area contributed by atoms with Gasteiger partial charge in [-0.15, -0.1) is 0 Å². The van der Waals surface area contributed by atoms with Crippen LogP contribution in [-0.4, -0.2) is 43.8 Å². The Labute approximate surface area is 154 Å². The number of carbonyl (C=O) groups is 3. The van der Waals surface area contributed by atoms with Crippen LogP contribution in [0.1, 0.15) is 20.7 Å². The minimum atomic E-state index is -3.88. The summed E-state index contributed by atoms with van der Waals surface area (Å²) in [6.45, 7) is 0. The van der Waals surface area contributed by atoms with Gasteiger partial charge in [0.05, 0.1) is 21.7 Å². The highest BCUT2D eigenvalue weighted by atomic mass is 35.5. The van der Waals surface area contributed by atoms with Crippen LogP contribution in [0.5, 0.6) is 0 Å². The molecule has 0 saturated heterocycles. The molecular weight excluding hydrogens is 380 g/mol. The Morgan fingerprint density at radius 2 is 1.73 bits per heavy atom. The fourth-order valence-electron chi connectivity index (χ4n) is 2.59. The van der Waals surface area contributed by atoms with E-state index in [2.05, 4.69) is 5.32 Å². The van der Waals surface area contributed by atoms with Crippen molar-refractivity contribution in [3.05, 3.63) is 58.6 Å². The van der Waals surface area contributed by atoms with Gasteiger partial charge in [-0.05, 0) is 36.4 Å². The standard InChI is InChI=1S/C17H13ClN2O5S/c1-20-16(22)12-3-2-4-13(15(12)17(20)23)19-14(21)9-26(24,25)11-7-5-10(18)6-8-11/h2-8H,9H2,1H3,(H,19,21). The highest BCUT2D eigenvalue weighted by Gasteiger charge is 2.35. The van der Waals surface area contributed by atoms with Gasteiger partial charge in [-0.25, -0.2) is 8.42 Å². The van der Waals surface area contributed by atoms with E-state index in [9.17, 15) is 22.8 Å². The third-order valence-electron chi connectivity index (χ3n) is 3.89. The molecule has 1 aliphatic heterocycles. The number of hydrogen-bond donors (Lipinski definition) is 1. The zero-order chi connectivity index (χ0) is 19.1. The number of hydrogen-bond acceptors (Lipinski definition) is 5. The fourth-order valence-corrected chi connectivity index (χ4v) is 3.85. The van der Waals surface area contributed by atoms with Crippen molar-refractivity contribution in [1.29, 1.82) is 0 Å². The van der Waals surface area contributed by atoms with Gasteiger partial charge in [-0.1, -0.05) is 17.7 Å². The fraction of sp³-hybridized carbons (Fsp3) is 0.118. The van der Waals surface area contributed by atoms with Crippen molar-refractivity contribution in [2.75, 3.05) is 18.1 Å². The van der Waals surface area contributed by atoms with Crippen molar-refractivity contribution < 1.29 is 22.8 Å². The molecule has 26 heavy (non-hydrogen) atoms. The van der Waals surface area contributed by atoms with Crippen molar-refractivity contribution in [1.82, 2.24) is 4.90 Å². The van der Waals surface area contributed by atoms with Gasteiger partial charge in [-0.3, -0.25) is 19.3 Å². The van der Waals surface area contributed by atoms with Crippen LogP contribution in [0.15, 0.2) is 47.4 Å². The minimum absolute atomic E-state index is 0.0404. The van der Waals surface area contributed by atoms with Crippen LogP contribution in [-0.2, 0) is 14.6 Å². The third kappa shape index (κ3) is 3.21. The molecule has 3 rings (SSSR count). The molecule has 2 aromatic carbocycles. The van der Waals surface area contributed by atoms with Gasteiger partial charge in [-0.2, -0.15) is 0 Å². The Hall–Kier alpha value is -2.71. The van der Waals surface area contributed by atoms with Crippen LogP contribution in [0.25, 0.3) is 0 Å². The van der Waals surface area contributed by atoms with Crippen molar-refractivity contribution in [2.45, 2.75) is 4.90 Å². The maximum atomic E-state index is 12.3. The Balaban J connectivity index is 1.83. The molecule has 0 unspecified atom stereocenters. The summed E-state index contributed by atoms with van der Waals surface area (Å²) in [5.41, 5.74) is 0.314. The van der Waals surface area contributed by atoms with Gasteiger partial charge in [0.15, 0.2) is 9.84 Å². The summed E-state index contributed by atoms with van der Waals surface area (Å²) in [5.74, 6) is -2.66. The summed E-state index contributed by atoms with van der Waals surface area (Å²) >= 11 is 5.73. The van der Waals surface area contributed by atoms with Gasteiger partial charge in [0.1, 0.15) is 5.75 Å². The summed E-state index contributed by atoms with van der Waals surface area (Å²) in [6.07, 6.45) is 0. The van der Waals surface area contributed by atoms with Gasteiger partial charge in [0.2, 0.25) is 5.91 Å². The molecule has 134 valence electrons. The van der Waals surface area contributed by atoms with Crippen molar-refractivity contribution in [3.63, 3.8) is 0 Å². The number of carbonyl (C=O) groups excluding carboxylic acids is 3. The molecule has 0 atom stereocenters. The number of fused-ring (bicyclic) bond motifs is 1. The second kappa shape index (κ2) is 6.54. The van der Waals surface area contributed by atoms with Crippen LogP contribution in [0.3, 0.4) is 0 Å². The smallest absolute Gasteiger partial charge is 0.263 e. The number of halogens is 1. The lowest BCUT2D eigenvalue weighted by atomic mass is 10.1. The molecule has 1 aliphatic rings. The lowest BCUT2D eigenvalue weighted by molar-refractivity contribution is -0.113. The molecule has 0 aromatic heterocycles. The molecule has 0 spiro atoms. The van der Waals surface area contributed by atoms with Gasteiger partial charge < -0.3 is 5.32 Å². The molecule has 1 heterocycles. The van der Waals surface area contributed by atoms with E-state index in [4.69, 9.17) is 11.6 Å². The zero-order valence-electron chi connectivity index (χ0n) is 13.5. The second-order valence-corrected chi connectivity index (χ2v) is 8.08. The maximum Gasteiger partial charge on any atom is 0.263 e. The van der Waals surface area contributed by atoms with Crippen LogP contribution in [0.2, 0.25) is 5.02 Å². The molecule has 0 radical (unpaired) electrons. The van der Waals surface area contributed by atoms with E-state index >= 15 is 0 Å². The number of imide groups is 1. The normalized spacial score (nSPS) is 13.7. The number of nitrogens with zero attached hydrogens (tertiary/aromatic N) is 1. The van der Waals surface area contributed by atoms with Crippen molar-refractivity contribution in [2.24, 2.45) is 0 Å². The third-order valence-corrected chi connectivity index (χ3v) is 5.77. The SMILES string of the molecule is CN1C(=O)c2cccc(NC(=O)CS(=O)(=O)c3ccc(Cl)cc3)c2C1=O. The maximum absolute atomic E-state index is 12.3. The average molecular weight is 393 g/mol. The summed E-state index contributed by atoms with van der Waals surface area (Å²) in [5, 5.41) is 2.78. The van der Waals surface area contributed by atoms with Gasteiger partial charge in [0, 0.05) is 12.1 Å². The predicted molar refractivity (Wildman–Crippen MR) is 95.0 cm³/mol. The summed E-state index contributed by atoms with van der Waals surface area (Å²) < 4.78 is 24.6. The minimum Gasteiger partial charge on any atom is -0.324 e. The number of nitrogens with one attached hydrogen (secondary N) is 1. The number of rotatable bonds is 4. The lowest BCUT2D eigenvalue weighted by Crippen LogP contribution is -2.26. The quantitative estimate of drug-likeness (QED) is 0.802. The van der Waals surface area contributed by atoms with E-state index < -0.39 is 33.3 Å². The first-order chi connectivity index (χ1) is 12.2. The first-order valence-corrected chi connectivity index (χ1v) is 9.47. The zero-order valence-corrected chi connectivity index (χ0v) is 15.1. The first kappa shape index (κ1) is 18.1. The molecule has 2 aromatic rings. The summed E-state index contributed by atoms with van der Waals surface area (Å²) in [6, 6.07) is 9.86. The topological polar surface area (TPSA) is 101 Å². The molecule has 0 fully saturated rings. The molecule has 0 aliphatic carbocycles. The molecule has 7 nitrogen and oxygen atoms in total. The highest BCUT2D eigenvalue weighted by Crippen LogP contribution is 2.28. The highest BCUT2D eigenvalue weighted by molar-refractivity contribution is 7.92. The lowest BCUT2D eigenvalue weighted by Gasteiger charge is -2.09. The van der Waals surface area contributed by atoms with Crippen LogP contribution in [0, 0.1) is 0 Å². The van der Waals surface area contributed by atoms with E-state index in [1.165, 1.54) is 49.5 Å². The van der Waals surface area contributed by atoms with E-state index in [1.807, 2.05) is 0 Å². The number of amides is 3. The molecule has 9 heteroatoms. The molecule has 3 amide bonds. The monoisotopic (exact) mass is 392 g/mol. The van der Waals surface area contributed by atoms with Crippen LogP contribution in [0.4, 0.5) is 5.69 Å². The van der Waals surface area contributed by atoms with Crippen LogP contribution < -0.4 is 5.32 Å². The Kier molecular flexibility index (Phi) is 4.55. The first-order valence-electron chi connectivity index (χ1n) is 7.44. The van der Waals surface area contributed by atoms with E-state index in [0.29, 0.717) is 5.02 Å². The van der Waals surface area contributed by atoms with E-state index in [-0.39, 0.29) is 21.7 Å². The number of anilines is 1. The Morgan fingerprint density at radius 3 is 2.38 bits per heavy atom. The van der Waals surface area contributed by atoms with E-state index in [0.717, 1.165) is 4.90 Å². The summed E-state index contributed by atoms with van der Waals surface area (Å²) in [4.78, 5) is 37.2.